The zero-order chi connectivity index (χ0) is 11.0. The lowest BCUT2D eigenvalue weighted by Crippen LogP contribution is -2.14. The minimum absolute atomic E-state index is 0.628. The molecule has 0 bridgehead atoms. The second-order valence-electron chi connectivity index (χ2n) is 3.75. The fourth-order valence-electron chi connectivity index (χ4n) is 1.22. The molecule has 0 aromatic carbocycles. The molecule has 0 saturated heterocycles. The summed E-state index contributed by atoms with van der Waals surface area (Å²) in [4.78, 5) is 0. The van der Waals surface area contributed by atoms with Crippen LogP contribution in [0.2, 0.25) is 0 Å². The van der Waals surface area contributed by atoms with Crippen molar-refractivity contribution in [2.24, 2.45) is 0 Å². The maximum absolute atomic E-state index is 12.2. The molecule has 0 spiro atoms. The molecule has 0 heterocycles. The second kappa shape index (κ2) is 7.44. The van der Waals surface area contributed by atoms with E-state index >= 15 is 0 Å². The molecule has 0 radical (unpaired) electrons. The zero-order valence-corrected chi connectivity index (χ0v) is 10.8. The maximum atomic E-state index is 12.2. The molecule has 1 atom stereocenters. The molecule has 0 saturated carbocycles. The van der Waals surface area contributed by atoms with Crippen molar-refractivity contribution in [3.63, 3.8) is 0 Å². The topological polar surface area (TPSA) is 29.5 Å². The molecule has 86 valence electrons. The van der Waals surface area contributed by atoms with Crippen LogP contribution in [0.15, 0.2) is 0 Å². The highest BCUT2D eigenvalue weighted by molar-refractivity contribution is 7.56. The van der Waals surface area contributed by atoms with E-state index in [0.29, 0.717) is 12.8 Å². The summed E-state index contributed by atoms with van der Waals surface area (Å²) < 4.78 is 19.4. The van der Waals surface area contributed by atoms with E-state index < -0.39 is 7.52 Å². The molecule has 0 aliphatic heterocycles. The van der Waals surface area contributed by atoms with E-state index in [9.17, 15) is 4.57 Å². The van der Waals surface area contributed by atoms with Crippen LogP contribution in [0.4, 0.5) is 0 Å². The first-order valence-electron chi connectivity index (χ1n) is 5.48. The van der Waals surface area contributed by atoms with Gasteiger partial charge in [0.25, 0.3) is 7.52 Å². The lowest BCUT2D eigenvalue weighted by atomic mass is 10.3. The van der Waals surface area contributed by atoms with Crippen molar-refractivity contribution in [1.82, 2.24) is 4.67 Å². The number of hydrogen-bond acceptors (Lipinski definition) is 2. The van der Waals surface area contributed by atoms with E-state index in [1.165, 1.54) is 6.42 Å². The first-order valence-corrected chi connectivity index (χ1v) is 7.24. The van der Waals surface area contributed by atoms with Crippen molar-refractivity contribution in [3.8, 4) is 0 Å². The molecule has 0 aromatic heterocycles. The molecule has 14 heavy (non-hydrogen) atoms. The Bertz CT molecular complexity index is 183. The summed E-state index contributed by atoms with van der Waals surface area (Å²) in [6.45, 7) is 4.81. The Morgan fingerprint density at radius 2 is 1.79 bits per heavy atom. The first-order chi connectivity index (χ1) is 6.56. The van der Waals surface area contributed by atoms with Gasteiger partial charge in [0.15, 0.2) is 0 Å². The van der Waals surface area contributed by atoms with Crippen molar-refractivity contribution in [1.29, 1.82) is 0 Å². The molecule has 1 unspecified atom stereocenters. The minimum atomic E-state index is -2.50. The Morgan fingerprint density at radius 3 is 2.21 bits per heavy atom. The van der Waals surface area contributed by atoms with Gasteiger partial charge in [-0.1, -0.05) is 26.7 Å². The number of nitrogens with zero attached hydrogens (tertiary/aromatic N) is 1. The Labute approximate surface area is 88.3 Å². The van der Waals surface area contributed by atoms with Crippen LogP contribution < -0.4 is 0 Å². The Balaban J connectivity index is 3.91. The van der Waals surface area contributed by atoms with Gasteiger partial charge in [-0.05, 0) is 26.9 Å². The lowest BCUT2D eigenvalue weighted by Gasteiger charge is -2.24. The van der Waals surface area contributed by atoms with Crippen LogP contribution in [-0.2, 0) is 9.09 Å². The third kappa shape index (κ3) is 5.14. The average Bonchev–Trinajstić information content (AvgIpc) is 2.13. The van der Waals surface area contributed by atoms with Gasteiger partial charge in [-0.15, -0.1) is 0 Å². The fourth-order valence-corrected chi connectivity index (χ4v) is 2.96. The highest BCUT2D eigenvalue weighted by atomic mass is 31.2. The third-order valence-electron chi connectivity index (χ3n) is 2.16. The maximum Gasteiger partial charge on any atom is 0.271 e. The number of rotatable bonds is 8. The van der Waals surface area contributed by atoms with Gasteiger partial charge in [0, 0.05) is 6.16 Å². The van der Waals surface area contributed by atoms with Crippen LogP contribution in [0.25, 0.3) is 0 Å². The first kappa shape index (κ1) is 14.2. The van der Waals surface area contributed by atoms with Crippen LogP contribution in [-0.4, -0.2) is 31.5 Å². The van der Waals surface area contributed by atoms with Crippen LogP contribution in [0.5, 0.6) is 0 Å². The van der Waals surface area contributed by atoms with E-state index in [4.69, 9.17) is 4.52 Å². The fraction of sp³-hybridized carbons (Fsp3) is 1.00. The minimum Gasteiger partial charge on any atom is -0.317 e. The predicted octanol–water partition coefficient (Wildman–Crippen LogP) is 3.36. The summed E-state index contributed by atoms with van der Waals surface area (Å²) in [5.74, 6) is 0. The Morgan fingerprint density at radius 1 is 1.14 bits per heavy atom. The Kier molecular flexibility index (Phi) is 7.52. The van der Waals surface area contributed by atoms with Crippen molar-refractivity contribution in [2.45, 2.75) is 39.5 Å². The van der Waals surface area contributed by atoms with Gasteiger partial charge in [-0.25, -0.2) is 4.67 Å². The van der Waals surface area contributed by atoms with Gasteiger partial charge in [-0.3, -0.25) is 4.57 Å². The van der Waals surface area contributed by atoms with Gasteiger partial charge < -0.3 is 4.52 Å². The van der Waals surface area contributed by atoms with Gasteiger partial charge in [0.2, 0.25) is 0 Å². The summed E-state index contributed by atoms with van der Waals surface area (Å²) in [5.41, 5.74) is 0. The van der Waals surface area contributed by atoms with Crippen molar-refractivity contribution in [3.05, 3.63) is 0 Å². The van der Waals surface area contributed by atoms with Crippen LogP contribution in [0.1, 0.15) is 39.5 Å². The molecule has 0 aliphatic carbocycles. The quantitative estimate of drug-likeness (QED) is 0.465. The molecule has 0 aliphatic rings. The molecule has 0 aromatic rings. The second-order valence-corrected chi connectivity index (χ2v) is 6.53. The molecular weight excluding hydrogens is 197 g/mol. The normalized spacial score (nSPS) is 15.8. The zero-order valence-electron chi connectivity index (χ0n) is 9.95. The summed E-state index contributed by atoms with van der Waals surface area (Å²) in [7, 11) is 1.16. The highest BCUT2D eigenvalue weighted by Gasteiger charge is 2.24. The van der Waals surface area contributed by atoms with Gasteiger partial charge in [-0.2, -0.15) is 0 Å². The van der Waals surface area contributed by atoms with Crippen LogP contribution >= 0.6 is 7.52 Å². The summed E-state index contributed by atoms with van der Waals surface area (Å²) in [6, 6.07) is 0. The van der Waals surface area contributed by atoms with Crippen molar-refractivity contribution < 1.29 is 9.09 Å². The van der Waals surface area contributed by atoms with Gasteiger partial charge in [0.1, 0.15) is 0 Å². The molecule has 3 nitrogen and oxygen atoms in total. The highest BCUT2D eigenvalue weighted by Crippen LogP contribution is 2.49. The van der Waals surface area contributed by atoms with Crippen molar-refractivity contribution >= 4 is 7.52 Å². The molecule has 0 rings (SSSR count). The summed E-state index contributed by atoms with van der Waals surface area (Å²) in [6.07, 6.45) is 4.90. The monoisotopic (exact) mass is 221 g/mol. The largest absolute Gasteiger partial charge is 0.317 e. The smallest absolute Gasteiger partial charge is 0.271 e. The van der Waals surface area contributed by atoms with E-state index in [1.807, 2.05) is 21.0 Å². The molecule has 0 N–H and O–H groups in total. The summed E-state index contributed by atoms with van der Waals surface area (Å²) >= 11 is 0. The Hall–Kier alpha value is 0.150. The molecule has 0 fully saturated rings. The van der Waals surface area contributed by atoms with Crippen LogP contribution in [0, 0.1) is 0 Å². The summed E-state index contributed by atoms with van der Waals surface area (Å²) in [5, 5.41) is 0. The van der Waals surface area contributed by atoms with Gasteiger partial charge in [0.05, 0.1) is 6.61 Å². The van der Waals surface area contributed by atoms with E-state index in [1.54, 1.807) is 4.67 Å². The van der Waals surface area contributed by atoms with Crippen LogP contribution in [0.3, 0.4) is 0 Å². The molecule has 4 heteroatoms. The van der Waals surface area contributed by atoms with E-state index in [0.717, 1.165) is 19.3 Å². The number of unbranched alkanes of at least 4 members (excludes halogenated alkanes) is 2. The van der Waals surface area contributed by atoms with E-state index in [-0.39, 0.29) is 0 Å². The standard InChI is InChI=1S/C10H24NO2P/c1-5-7-8-9-13-14(12,10-6-2)11(3)4/h5-10H2,1-4H3. The average molecular weight is 221 g/mol. The third-order valence-corrected chi connectivity index (χ3v) is 4.97. The predicted molar refractivity (Wildman–Crippen MR) is 61.9 cm³/mol. The van der Waals surface area contributed by atoms with Crippen molar-refractivity contribution in [2.75, 3.05) is 26.9 Å². The van der Waals surface area contributed by atoms with Gasteiger partial charge >= 0.3 is 0 Å². The van der Waals surface area contributed by atoms with E-state index in [2.05, 4.69) is 6.92 Å². The number of hydrogen-bond donors (Lipinski definition) is 0. The molecule has 0 amide bonds. The lowest BCUT2D eigenvalue weighted by molar-refractivity contribution is 0.273. The molecular formula is C10H24NO2P. The SMILES string of the molecule is CCCCCOP(=O)(CCC)N(C)C.